The number of nitrogens with one attached hydrogen (secondary N) is 1. The molecule has 0 aromatic carbocycles. The lowest BCUT2D eigenvalue weighted by Gasteiger charge is -2.38. The van der Waals surface area contributed by atoms with Gasteiger partial charge in [-0.05, 0) is 31.6 Å². The van der Waals surface area contributed by atoms with Crippen LogP contribution in [-0.4, -0.2) is 43.5 Å². The van der Waals surface area contributed by atoms with Gasteiger partial charge in [0.1, 0.15) is 5.54 Å². The van der Waals surface area contributed by atoms with E-state index in [1.807, 2.05) is 6.92 Å². The minimum Gasteiger partial charge on any atom is -0.480 e. The highest BCUT2D eigenvalue weighted by Gasteiger charge is 2.46. The smallest absolute Gasteiger partial charge is 0.324 e. The number of hydrogen-bond acceptors (Lipinski definition) is 4. The van der Waals surface area contributed by atoms with Gasteiger partial charge in [-0.25, -0.2) is 8.42 Å². The largest absolute Gasteiger partial charge is 0.480 e. The molecule has 1 aliphatic carbocycles. The second kappa shape index (κ2) is 5.99. The Hall–Kier alpha value is -0.660. The zero-order valence-electron chi connectivity index (χ0n) is 11.8. The van der Waals surface area contributed by atoms with Gasteiger partial charge < -0.3 is 9.84 Å². The molecule has 20 heavy (non-hydrogen) atoms. The van der Waals surface area contributed by atoms with Crippen LogP contribution in [0, 0.1) is 5.92 Å². The molecule has 0 radical (unpaired) electrons. The topological polar surface area (TPSA) is 92.7 Å². The number of hydrogen-bond donors (Lipinski definition) is 2. The van der Waals surface area contributed by atoms with Gasteiger partial charge in [0.2, 0.25) is 10.0 Å². The Morgan fingerprint density at radius 3 is 2.50 bits per heavy atom. The Labute approximate surface area is 119 Å². The van der Waals surface area contributed by atoms with Crippen LogP contribution in [0.25, 0.3) is 0 Å². The van der Waals surface area contributed by atoms with Crippen molar-refractivity contribution in [2.24, 2.45) is 5.92 Å². The van der Waals surface area contributed by atoms with Crippen molar-refractivity contribution < 1.29 is 23.1 Å². The molecule has 6 nitrogen and oxygen atoms in total. The van der Waals surface area contributed by atoms with Crippen LogP contribution in [0.2, 0.25) is 0 Å². The Balaban J connectivity index is 2.16. The van der Waals surface area contributed by atoms with Crippen LogP contribution in [0.1, 0.15) is 45.4 Å². The first-order valence-corrected chi connectivity index (χ1v) is 8.74. The molecule has 1 heterocycles. The van der Waals surface area contributed by atoms with Crippen LogP contribution >= 0.6 is 0 Å². The fourth-order valence-electron chi connectivity index (χ4n) is 3.22. The van der Waals surface area contributed by atoms with Crippen LogP contribution in [0.3, 0.4) is 0 Å². The summed E-state index contributed by atoms with van der Waals surface area (Å²) in [6.07, 6.45) is 3.29. The molecule has 0 amide bonds. The monoisotopic (exact) mass is 305 g/mol. The maximum absolute atomic E-state index is 12.4. The van der Waals surface area contributed by atoms with E-state index < -0.39 is 26.8 Å². The molecule has 1 saturated heterocycles. The number of rotatable bonds is 4. The highest BCUT2D eigenvalue weighted by molar-refractivity contribution is 7.90. The van der Waals surface area contributed by atoms with Gasteiger partial charge in [-0.3, -0.25) is 4.79 Å². The third-order valence-electron chi connectivity index (χ3n) is 4.35. The number of sulfonamides is 1. The SMILES string of the molecule is CC1CCCC(NS(=O)(=O)C2CCOCC2)(C(=O)O)C1. The fourth-order valence-corrected chi connectivity index (χ4v) is 5.02. The first kappa shape index (κ1) is 15.7. The van der Waals surface area contributed by atoms with Crippen molar-refractivity contribution in [3.63, 3.8) is 0 Å². The first-order chi connectivity index (χ1) is 9.36. The average Bonchev–Trinajstić information content (AvgIpc) is 2.39. The third-order valence-corrected chi connectivity index (χ3v) is 6.38. The zero-order valence-corrected chi connectivity index (χ0v) is 12.6. The number of carbonyl (C=O) groups is 1. The van der Waals surface area contributed by atoms with Crippen LogP contribution in [-0.2, 0) is 19.6 Å². The molecule has 2 atom stereocenters. The van der Waals surface area contributed by atoms with Crippen molar-refractivity contribution in [3.05, 3.63) is 0 Å². The molecule has 116 valence electrons. The van der Waals surface area contributed by atoms with Gasteiger partial charge in [0, 0.05) is 13.2 Å². The van der Waals surface area contributed by atoms with E-state index in [2.05, 4.69) is 4.72 Å². The van der Waals surface area contributed by atoms with Crippen LogP contribution in [0.5, 0.6) is 0 Å². The van der Waals surface area contributed by atoms with Gasteiger partial charge in [0.25, 0.3) is 0 Å². The Bertz CT molecular complexity index is 457. The maximum Gasteiger partial charge on any atom is 0.324 e. The molecule has 0 aromatic rings. The standard InChI is InChI=1S/C13H23NO5S/c1-10-3-2-6-13(9-10,12(15)16)14-20(17,18)11-4-7-19-8-5-11/h10-11,14H,2-9H2,1H3,(H,15,16). The normalized spacial score (nSPS) is 33.0. The number of ether oxygens (including phenoxy) is 1. The fraction of sp³-hybridized carbons (Fsp3) is 0.923. The molecule has 2 aliphatic rings. The summed E-state index contributed by atoms with van der Waals surface area (Å²) in [4.78, 5) is 11.6. The summed E-state index contributed by atoms with van der Waals surface area (Å²) in [6, 6.07) is 0. The summed E-state index contributed by atoms with van der Waals surface area (Å²) >= 11 is 0. The van der Waals surface area contributed by atoms with Gasteiger partial charge >= 0.3 is 5.97 Å². The molecule has 2 unspecified atom stereocenters. The predicted molar refractivity (Wildman–Crippen MR) is 73.9 cm³/mol. The second-order valence-corrected chi connectivity index (χ2v) is 8.01. The molecule has 1 aliphatic heterocycles. The van der Waals surface area contributed by atoms with E-state index in [-0.39, 0.29) is 5.92 Å². The second-order valence-electron chi connectivity index (χ2n) is 6.05. The van der Waals surface area contributed by atoms with Crippen LogP contribution < -0.4 is 4.72 Å². The molecule has 0 spiro atoms. The molecule has 7 heteroatoms. The van der Waals surface area contributed by atoms with E-state index in [0.717, 1.165) is 12.8 Å². The summed E-state index contributed by atoms with van der Waals surface area (Å²) in [5.41, 5.74) is -1.32. The van der Waals surface area contributed by atoms with Crippen molar-refractivity contribution in [1.29, 1.82) is 0 Å². The van der Waals surface area contributed by atoms with E-state index in [0.29, 0.717) is 38.9 Å². The lowest BCUT2D eigenvalue weighted by atomic mass is 9.77. The molecular weight excluding hydrogens is 282 g/mol. The van der Waals surface area contributed by atoms with Gasteiger partial charge in [-0.1, -0.05) is 19.8 Å². The van der Waals surface area contributed by atoms with Crippen molar-refractivity contribution in [1.82, 2.24) is 4.72 Å². The quantitative estimate of drug-likeness (QED) is 0.812. The molecule has 0 bridgehead atoms. The van der Waals surface area contributed by atoms with E-state index in [1.165, 1.54) is 0 Å². The molecule has 2 rings (SSSR count). The third kappa shape index (κ3) is 3.32. The first-order valence-electron chi connectivity index (χ1n) is 7.20. The summed E-state index contributed by atoms with van der Waals surface area (Å²) in [5, 5.41) is 8.98. The summed E-state index contributed by atoms with van der Waals surface area (Å²) in [5.74, 6) is -0.836. The van der Waals surface area contributed by atoms with Crippen molar-refractivity contribution >= 4 is 16.0 Å². The minimum atomic E-state index is -3.62. The average molecular weight is 305 g/mol. The highest BCUT2D eigenvalue weighted by atomic mass is 32.2. The summed E-state index contributed by atoms with van der Waals surface area (Å²) < 4.78 is 32.6. The number of aliphatic carboxylic acids is 1. The Morgan fingerprint density at radius 1 is 1.30 bits per heavy atom. The van der Waals surface area contributed by atoms with Gasteiger partial charge in [0.05, 0.1) is 5.25 Å². The number of carboxylic acid groups (broad SMARTS) is 1. The van der Waals surface area contributed by atoms with Crippen molar-refractivity contribution in [3.8, 4) is 0 Å². The summed E-state index contributed by atoms with van der Waals surface area (Å²) in [6.45, 7) is 2.81. The highest BCUT2D eigenvalue weighted by Crippen LogP contribution is 2.34. The molecular formula is C13H23NO5S. The van der Waals surface area contributed by atoms with Gasteiger partial charge in [-0.15, -0.1) is 0 Å². The van der Waals surface area contributed by atoms with Crippen LogP contribution in [0.15, 0.2) is 0 Å². The molecule has 1 saturated carbocycles. The Morgan fingerprint density at radius 2 is 1.95 bits per heavy atom. The van der Waals surface area contributed by atoms with E-state index in [1.54, 1.807) is 0 Å². The van der Waals surface area contributed by atoms with E-state index >= 15 is 0 Å². The van der Waals surface area contributed by atoms with Crippen LogP contribution in [0.4, 0.5) is 0 Å². The minimum absolute atomic E-state index is 0.220. The lowest BCUT2D eigenvalue weighted by Crippen LogP contribution is -2.58. The maximum atomic E-state index is 12.4. The van der Waals surface area contributed by atoms with Gasteiger partial charge in [0.15, 0.2) is 0 Å². The lowest BCUT2D eigenvalue weighted by molar-refractivity contribution is -0.146. The molecule has 0 aromatic heterocycles. The Kier molecular flexibility index (Phi) is 4.71. The van der Waals surface area contributed by atoms with E-state index in [4.69, 9.17) is 4.74 Å². The summed E-state index contributed by atoms with van der Waals surface area (Å²) in [7, 11) is -3.62. The zero-order chi connectivity index (χ0) is 14.8. The van der Waals surface area contributed by atoms with Crippen molar-refractivity contribution in [2.45, 2.75) is 56.2 Å². The molecule has 2 N–H and O–H groups in total. The van der Waals surface area contributed by atoms with Gasteiger partial charge in [-0.2, -0.15) is 4.72 Å². The van der Waals surface area contributed by atoms with Crippen molar-refractivity contribution in [2.75, 3.05) is 13.2 Å². The predicted octanol–water partition coefficient (Wildman–Crippen LogP) is 1.12. The number of carboxylic acids is 1. The van der Waals surface area contributed by atoms with E-state index in [9.17, 15) is 18.3 Å². The molecule has 2 fully saturated rings.